The quantitative estimate of drug-likeness (QED) is 0.845. The van der Waals surface area contributed by atoms with E-state index in [2.05, 4.69) is 59.7 Å². The van der Waals surface area contributed by atoms with Gasteiger partial charge >= 0.3 is 0 Å². The zero-order valence-electron chi connectivity index (χ0n) is 13.0. The molecule has 0 radical (unpaired) electrons. The van der Waals surface area contributed by atoms with Crippen LogP contribution in [0.25, 0.3) is 0 Å². The van der Waals surface area contributed by atoms with Crippen molar-refractivity contribution in [3.8, 4) is 5.75 Å². The van der Waals surface area contributed by atoms with Crippen LogP contribution in [0, 0.1) is 0 Å². The maximum atomic E-state index is 5.42. The average molecular weight is 284 g/mol. The number of hydrogen-bond donors (Lipinski definition) is 1. The molecule has 0 fully saturated rings. The second-order valence-electron chi connectivity index (χ2n) is 5.26. The standard InChI is InChI=1S/C18H24N2O/c1-19-17(15-9-5-4-6-10-15)14-20(2)13-16-11-7-8-12-18(16)21-3/h4-12,17,19H,13-14H2,1-3H3. The highest BCUT2D eigenvalue weighted by molar-refractivity contribution is 5.33. The van der Waals surface area contributed by atoms with Crippen molar-refractivity contribution < 1.29 is 4.74 Å². The second kappa shape index (κ2) is 7.81. The van der Waals surface area contributed by atoms with Crippen molar-refractivity contribution in [1.29, 1.82) is 0 Å². The number of ether oxygens (including phenoxy) is 1. The lowest BCUT2D eigenvalue weighted by atomic mass is 10.1. The molecule has 0 amide bonds. The molecule has 0 spiro atoms. The van der Waals surface area contributed by atoms with Gasteiger partial charge in [-0.3, -0.25) is 0 Å². The second-order valence-corrected chi connectivity index (χ2v) is 5.26. The first-order valence-corrected chi connectivity index (χ1v) is 7.27. The van der Waals surface area contributed by atoms with Crippen LogP contribution in [0.4, 0.5) is 0 Å². The Morgan fingerprint density at radius 3 is 2.38 bits per heavy atom. The fraction of sp³-hybridized carbons (Fsp3) is 0.333. The van der Waals surface area contributed by atoms with Crippen molar-refractivity contribution in [3.05, 3.63) is 65.7 Å². The van der Waals surface area contributed by atoms with Crippen LogP contribution in [0.15, 0.2) is 54.6 Å². The zero-order valence-corrected chi connectivity index (χ0v) is 13.0. The summed E-state index contributed by atoms with van der Waals surface area (Å²) in [6.07, 6.45) is 0. The molecule has 0 saturated carbocycles. The maximum Gasteiger partial charge on any atom is 0.123 e. The van der Waals surface area contributed by atoms with Crippen LogP contribution in [-0.2, 0) is 6.54 Å². The molecule has 2 aromatic carbocycles. The molecule has 0 heterocycles. The van der Waals surface area contributed by atoms with Crippen molar-refractivity contribution in [2.24, 2.45) is 0 Å². The van der Waals surface area contributed by atoms with Crippen molar-refractivity contribution in [3.63, 3.8) is 0 Å². The fourth-order valence-corrected chi connectivity index (χ4v) is 2.55. The summed E-state index contributed by atoms with van der Waals surface area (Å²) in [5.41, 5.74) is 2.53. The Kier molecular flexibility index (Phi) is 5.78. The summed E-state index contributed by atoms with van der Waals surface area (Å²) in [7, 11) is 5.87. The number of nitrogens with one attached hydrogen (secondary N) is 1. The third-order valence-corrected chi connectivity index (χ3v) is 3.68. The van der Waals surface area contributed by atoms with Gasteiger partial charge in [0, 0.05) is 24.7 Å². The first kappa shape index (κ1) is 15.5. The molecular formula is C18H24N2O. The molecule has 0 saturated heterocycles. The van der Waals surface area contributed by atoms with E-state index in [0.29, 0.717) is 6.04 Å². The smallest absolute Gasteiger partial charge is 0.123 e. The molecule has 112 valence electrons. The molecule has 0 aliphatic rings. The van der Waals surface area contributed by atoms with E-state index in [1.807, 2.05) is 19.2 Å². The van der Waals surface area contributed by atoms with E-state index in [-0.39, 0.29) is 0 Å². The summed E-state index contributed by atoms with van der Waals surface area (Å²) >= 11 is 0. The lowest BCUT2D eigenvalue weighted by Crippen LogP contribution is -2.31. The van der Waals surface area contributed by atoms with Crippen LogP contribution in [0.5, 0.6) is 5.75 Å². The lowest BCUT2D eigenvalue weighted by Gasteiger charge is -2.24. The molecule has 1 unspecified atom stereocenters. The van der Waals surface area contributed by atoms with E-state index in [0.717, 1.165) is 18.8 Å². The predicted octanol–water partition coefficient (Wildman–Crippen LogP) is 3.09. The number of hydrogen-bond acceptors (Lipinski definition) is 3. The molecule has 0 aromatic heterocycles. The van der Waals surface area contributed by atoms with Crippen LogP contribution in [0.1, 0.15) is 17.2 Å². The Hall–Kier alpha value is -1.84. The zero-order chi connectivity index (χ0) is 15.1. The molecule has 3 heteroatoms. The van der Waals surface area contributed by atoms with Crippen molar-refractivity contribution in [2.45, 2.75) is 12.6 Å². The normalized spacial score (nSPS) is 12.4. The summed E-state index contributed by atoms with van der Waals surface area (Å²) < 4.78 is 5.42. The van der Waals surface area contributed by atoms with E-state index in [1.165, 1.54) is 11.1 Å². The van der Waals surface area contributed by atoms with E-state index in [4.69, 9.17) is 4.74 Å². The largest absolute Gasteiger partial charge is 0.496 e. The Labute approximate surface area is 127 Å². The molecule has 0 bridgehead atoms. The SMILES string of the molecule is CNC(CN(C)Cc1ccccc1OC)c1ccccc1. The van der Waals surface area contributed by atoms with Crippen LogP contribution < -0.4 is 10.1 Å². The van der Waals surface area contributed by atoms with Crippen LogP contribution in [0.3, 0.4) is 0 Å². The monoisotopic (exact) mass is 284 g/mol. The van der Waals surface area contributed by atoms with Crippen molar-refractivity contribution >= 4 is 0 Å². The van der Waals surface area contributed by atoms with Gasteiger partial charge in [-0.25, -0.2) is 0 Å². The minimum absolute atomic E-state index is 0.325. The average Bonchev–Trinajstić information content (AvgIpc) is 2.54. The molecular weight excluding hydrogens is 260 g/mol. The van der Waals surface area contributed by atoms with Gasteiger partial charge in [-0.2, -0.15) is 0 Å². The maximum absolute atomic E-state index is 5.42. The Bertz CT molecular complexity index is 542. The summed E-state index contributed by atoms with van der Waals surface area (Å²) in [5.74, 6) is 0.949. The number of methoxy groups -OCH3 is 1. The van der Waals surface area contributed by atoms with Gasteiger partial charge < -0.3 is 15.0 Å². The Balaban J connectivity index is 2.01. The van der Waals surface area contributed by atoms with Gasteiger partial charge in [0.1, 0.15) is 5.75 Å². The summed E-state index contributed by atoms with van der Waals surface area (Å²) in [4.78, 5) is 2.31. The number of benzene rings is 2. The van der Waals surface area contributed by atoms with E-state index in [1.54, 1.807) is 7.11 Å². The molecule has 2 rings (SSSR count). The van der Waals surface area contributed by atoms with Gasteiger partial charge in [-0.15, -0.1) is 0 Å². The molecule has 1 N–H and O–H groups in total. The highest BCUT2D eigenvalue weighted by atomic mass is 16.5. The number of nitrogens with zero attached hydrogens (tertiary/aromatic N) is 1. The molecule has 2 aromatic rings. The summed E-state index contributed by atoms with van der Waals surface area (Å²) in [5, 5.41) is 3.39. The van der Waals surface area contributed by atoms with Gasteiger partial charge in [-0.1, -0.05) is 48.5 Å². The van der Waals surface area contributed by atoms with E-state index >= 15 is 0 Å². The van der Waals surface area contributed by atoms with E-state index in [9.17, 15) is 0 Å². The van der Waals surface area contributed by atoms with E-state index < -0.39 is 0 Å². The Morgan fingerprint density at radius 1 is 1.05 bits per heavy atom. The number of para-hydroxylation sites is 1. The number of rotatable bonds is 7. The minimum Gasteiger partial charge on any atom is -0.496 e. The van der Waals surface area contributed by atoms with Gasteiger partial charge in [0.15, 0.2) is 0 Å². The predicted molar refractivity (Wildman–Crippen MR) is 87.6 cm³/mol. The molecule has 1 atom stereocenters. The third-order valence-electron chi connectivity index (χ3n) is 3.68. The van der Waals surface area contributed by atoms with Crippen LogP contribution >= 0.6 is 0 Å². The van der Waals surface area contributed by atoms with Gasteiger partial charge in [0.05, 0.1) is 7.11 Å². The highest BCUT2D eigenvalue weighted by Gasteiger charge is 2.13. The first-order chi connectivity index (χ1) is 10.2. The lowest BCUT2D eigenvalue weighted by molar-refractivity contribution is 0.284. The summed E-state index contributed by atoms with van der Waals surface area (Å²) in [6.45, 7) is 1.81. The fourth-order valence-electron chi connectivity index (χ4n) is 2.55. The van der Waals surface area contributed by atoms with Gasteiger partial charge in [0.25, 0.3) is 0 Å². The van der Waals surface area contributed by atoms with Crippen molar-refractivity contribution in [1.82, 2.24) is 10.2 Å². The van der Waals surface area contributed by atoms with Crippen LogP contribution in [-0.4, -0.2) is 32.6 Å². The van der Waals surface area contributed by atoms with Crippen molar-refractivity contribution in [2.75, 3.05) is 27.7 Å². The van der Waals surface area contributed by atoms with Crippen LogP contribution in [0.2, 0.25) is 0 Å². The summed E-state index contributed by atoms with van der Waals surface area (Å²) in [6, 6.07) is 19.1. The molecule has 21 heavy (non-hydrogen) atoms. The number of likely N-dealkylation sites (N-methyl/N-ethyl adjacent to an activating group) is 2. The third kappa shape index (κ3) is 4.31. The first-order valence-electron chi connectivity index (χ1n) is 7.27. The minimum atomic E-state index is 0.325. The molecule has 3 nitrogen and oxygen atoms in total. The van der Waals surface area contributed by atoms with Gasteiger partial charge in [0.2, 0.25) is 0 Å². The molecule has 0 aliphatic heterocycles. The molecule has 0 aliphatic carbocycles. The Morgan fingerprint density at radius 2 is 1.71 bits per heavy atom. The highest BCUT2D eigenvalue weighted by Crippen LogP contribution is 2.20. The van der Waals surface area contributed by atoms with Gasteiger partial charge in [-0.05, 0) is 25.7 Å². The topological polar surface area (TPSA) is 24.5 Å².